The highest BCUT2D eigenvalue weighted by Crippen LogP contribution is 2.60. The standard InChI is InChI=1S/C23H24O4S.C12H11NO2/c1-23(2)19(12-17-8-9-28-22(17)25)20(23)21(24)27-14-16-11-18(26-13-16)10-15-6-4-3-5-7-15;1-13-12(14)15-11-8-4-6-9-5-2-3-7-10(9)11/h3-7,11-13,19-20H,8-10,14H2,1-2H3;2-8H,1H3,(H,13,14)/b17-12+;/t19-,20-;/m1./s1. The number of thioether (sulfide) groups is 1. The third kappa shape index (κ3) is 7.38. The maximum atomic E-state index is 12.6. The molecule has 2 heterocycles. The van der Waals surface area contributed by atoms with E-state index in [-0.39, 0.29) is 34.9 Å². The summed E-state index contributed by atoms with van der Waals surface area (Å²) in [5, 5.41) is 4.56. The zero-order valence-electron chi connectivity index (χ0n) is 24.5. The Kier molecular flexibility index (Phi) is 9.36. The van der Waals surface area contributed by atoms with Crippen molar-refractivity contribution in [3.63, 3.8) is 0 Å². The molecule has 2 atom stereocenters. The van der Waals surface area contributed by atoms with Crippen LogP contribution in [0.1, 0.15) is 37.2 Å². The molecule has 0 spiro atoms. The number of furan rings is 1. The SMILES string of the molecule is CC1(C)[C@H](/C=C2\CCSC2=O)[C@@H]1C(=O)OCc1coc(Cc2ccccc2)c1.CNC(=O)Oc1cccc2ccccc12. The lowest BCUT2D eigenvalue weighted by Gasteiger charge is -2.06. The van der Waals surface area contributed by atoms with Gasteiger partial charge in [-0.15, -0.1) is 0 Å². The van der Waals surface area contributed by atoms with E-state index in [2.05, 4.69) is 31.3 Å². The van der Waals surface area contributed by atoms with Crippen LogP contribution in [0.5, 0.6) is 5.75 Å². The molecule has 2 fully saturated rings. The number of ether oxygens (including phenoxy) is 2. The monoisotopic (exact) mass is 597 g/mol. The van der Waals surface area contributed by atoms with Crippen LogP contribution in [0.2, 0.25) is 0 Å². The van der Waals surface area contributed by atoms with Gasteiger partial charge in [-0.25, -0.2) is 4.79 Å². The number of carbonyl (C=O) groups excluding carboxylic acids is 3. The highest BCUT2D eigenvalue weighted by molar-refractivity contribution is 8.14. The first kappa shape index (κ1) is 30.2. The number of allylic oxidation sites excluding steroid dienone is 1. The lowest BCUT2D eigenvalue weighted by atomic mass is 10.1. The van der Waals surface area contributed by atoms with Crippen LogP contribution in [0.15, 0.2) is 101 Å². The van der Waals surface area contributed by atoms with E-state index in [0.717, 1.165) is 39.8 Å². The van der Waals surface area contributed by atoms with Gasteiger partial charge in [0.25, 0.3) is 0 Å². The summed E-state index contributed by atoms with van der Waals surface area (Å²) in [6.45, 7) is 4.33. The van der Waals surface area contributed by atoms with Gasteiger partial charge >= 0.3 is 12.1 Å². The summed E-state index contributed by atoms with van der Waals surface area (Å²) in [4.78, 5) is 35.5. The van der Waals surface area contributed by atoms with Crippen molar-refractivity contribution in [2.45, 2.75) is 33.3 Å². The second-order valence-corrected chi connectivity index (χ2v) is 12.3. The van der Waals surface area contributed by atoms with E-state index in [4.69, 9.17) is 13.9 Å². The van der Waals surface area contributed by atoms with Gasteiger partial charge in [-0.05, 0) is 40.8 Å². The minimum atomic E-state index is -0.452. The van der Waals surface area contributed by atoms with E-state index in [1.54, 1.807) is 12.3 Å². The second kappa shape index (κ2) is 13.3. The molecule has 7 nitrogen and oxygen atoms in total. The van der Waals surface area contributed by atoms with Gasteiger partial charge in [0.05, 0.1) is 12.2 Å². The summed E-state index contributed by atoms with van der Waals surface area (Å²) in [6.07, 6.45) is 4.72. The van der Waals surface area contributed by atoms with Crippen LogP contribution in [0.25, 0.3) is 10.8 Å². The van der Waals surface area contributed by atoms with Gasteiger partial charge in [0, 0.05) is 35.7 Å². The van der Waals surface area contributed by atoms with Crippen LogP contribution < -0.4 is 10.1 Å². The first-order valence-electron chi connectivity index (χ1n) is 14.3. The third-order valence-corrected chi connectivity index (χ3v) is 8.81. The molecular formula is C35H35NO6S. The Bertz CT molecular complexity index is 1640. The number of rotatable bonds is 7. The number of benzene rings is 3. The van der Waals surface area contributed by atoms with Crippen molar-refractivity contribution in [1.29, 1.82) is 0 Å². The zero-order chi connectivity index (χ0) is 30.4. The van der Waals surface area contributed by atoms with Gasteiger partial charge in [-0.2, -0.15) is 0 Å². The van der Waals surface area contributed by atoms with E-state index >= 15 is 0 Å². The predicted octanol–water partition coefficient (Wildman–Crippen LogP) is 7.33. The summed E-state index contributed by atoms with van der Waals surface area (Å²) in [5.74, 6) is 1.97. The van der Waals surface area contributed by atoms with Gasteiger partial charge in [-0.1, -0.05) is 98.4 Å². The Morgan fingerprint density at radius 2 is 1.77 bits per heavy atom. The molecule has 1 saturated heterocycles. The van der Waals surface area contributed by atoms with Crippen LogP contribution in [0, 0.1) is 17.3 Å². The summed E-state index contributed by atoms with van der Waals surface area (Å²) in [5.41, 5.74) is 2.73. The molecule has 43 heavy (non-hydrogen) atoms. The maximum absolute atomic E-state index is 12.6. The number of amides is 1. The minimum absolute atomic E-state index is 0.0793. The van der Waals surface area contributed by atoms with Crippen LogP contribution in [-0.2, 0) is 27.4 Å². The fraction of sp³-hybridized carbons (Fsp3) is 0.286. The molecule has 1 amide bonds. The highest BCUT2D eigenvalue weighted by Gasteiger charge is 2.61. The Balaban J connectivity index is 0.000000207. The highest BCUT2D eigenvalue weighted by atomic mass is 32.2. The van der Waals surface area contributed by atoms with Gasteiger partial charge in [0.15, 0.2) is 0 Å². The van der Waals surface area contributed by atoms with Crippen LogP contribution >= 0.6 is 11.8 Å². The quantitative estimate of drug-likeness (QED) is 0.176. The van der Waals surface area contributed by atoms with Gasteiger partial charge in [0.1, 0.15) is 18.1 Å². The summed E-state index contributed by atoms with van der Waals surface area (Å²) in [7, 11) is 1.54. The van der Waals surface area contributed by atoms with E-state index in [1.165, 1.54) is 24.4 Å². The molecule has 1 aliphatic heterocycles. The van der Waals surface area contributed by atoms with E-state index in [0.29, 0.717) is 12.2 Å². The Morgan fingerprint density at radius 3 is 2.51 bits per heavy atom. The van der Waals surface area contributed by atoms with Crippen molar-refractivity contribution in [2.24, 2.45) is 17.3 Å². The molecule has 8 heteroatoms. The molecule has 0 unspecified atom stereocenters. The van der Waals surface area contributed by atoms with E-state index in [1.807, 2.05) is 66.7 Å². The summed E-state index contributed by atoms with van der Waals surface area (Å²) in [6, 6.07) is 25.4. The van der Waals surface area contributed by atoms with Crippen molar-refractivity contribution in [3.8, 4) is 5.75 Å². The predicted molar refractivity (Wildman–Crippen MR) is 168 cm³/mol. The number of hydrogen-bond acceptors (Lipinski definition) is 7. The number of esters is 1. The first-order valence-corrected chi connectivity index (χ1v) is 15.3. The van der Waals surface area contributed by atoms with Crippen LogP contribution in [0.4, 0.5) is 4.79 Å². The smallest absolute Gasteiger partial charge is 0.412 e. The molecule has 1 aliphatic carbocycles. The average Bonchev–Trinajstić information content (AvgIpc) is 3.33. The molecule has 2 aliphatic rings. The minimum Gasteiger partial charge on any atom is -0.469 e. The maximum Gasteiger partial charge on any atom is 0.412 e. The molecule has 6 rings (SSSR count). The van der Waals surface area contributed by atoms with Gasteiger partial charge in [-0.3, -0.25) is 9.59 Å². The molecule has 1 N–H and O–H groups in total. The molecule has 1 saturated carbocycles. The Morgan fingerprint density at radius 1 is 1.02 bits per heavy atom. The third-order valence-electron chi connectivity index (χ3n) is 7.88. The van der Waals surface area contributed by atoms with Crippen LogP contribution in [0.3, 0.4) is 0 Å². The molecule has 0 bridgehead atoms. The lowest BCUT2D eigenvalue weighted by Crippen LogP contribution is -2.22. The molecular weight excluding hydrogens is 562 g/mol. The molecule has 4 aromatic rings. The average molecular weight is 598 g/mol. The normalized spacial score (nSPS) is 19.4. The fourth-order valence-corrected chi connectivity index (χ4v) is 6.19. The Hall–Kier alpha value is -4.30. The van der Waals surface area contributed by atoms with E-state index in [9.17, 15) is 14.4 Å². The molecule has 0 radical (unpaired) electrons. The van der Waals surface area contributed by atoms with Crippen molar-refractivity contribution in [1.82, 2.24) is 5.32 Å². The van der Waals surface area contributed by atoms with Crippen LogP contribution in [-0.4, -0.2) is 30.0 Å². The van der Waals surface area contributed by atoms with Crippen molar-refractivity contribution in [3.05, 3.63) is 114 Å². The van der Waals surface area contributed by atoms with Crippen molar-refractivity contribution in [2.75, 3.05) is 12.8 Å². The van der Waals surface area contributed by atoms with Gasteiger partial charge < -0.3 is 19.2 Å². The molecule has 3 aromatic carbocycles. The largest absolute Gasteiger partial charge is 0.469 e. The van der Waals surface area contributed by atoms with E-state index < -0.39 is 6.09 Å². The first-order chi connectivity index (χ1) is 20.8. The number of hydrogen-bond donors (Lipinski definition) is 1. The Labute approximate surface area is 255 Å². The second-order valence-electron chi connectivity index (χ2n) is 11.2. The fourth-order valence-electron chi connectivity index (χ4n) is 5.33. The summed E-state index contributed by atoms with van der Waals surface area (Å²) >= 11 is 1.36. The van der Waals surface area contributed by atoms with Crippen molar-refractivity contribution < 1.29 is 28.3 Å². The molecule has 222 valence electrons. The molecule has 1 aromatic heterocycles. The number of carbonyl (C=O) groups is 3. The topological polar surface area (TPSA) is 94.8 Å². The lowest BCUT2D eigenvalue weighted by molar-refractivity contribution is -0.147. The van der Waals surface area contributed by atoms with Gasteiger partial charge in [0.2, 0.25) is 5.12 Å². The number of fused-ring (bicyclic) bond motifs is 1. The summed E-state index contributed by atoms with van der Waals surface area (Å²) < 4.78 is 16.3. The number of nitrogens with one attached hydrogen (secondary N) is 1. The van der Waals surface area contributed by atoms with Crippen molar-refractivity contribution >= 4 is 39.7 Å². The zero-order valence-corrected chi connectivity index (χ0v) is 25.3.